The maximum absolute atomic E-state index is 12.9. The first-order chi connectivity index (χ1) is 9.81. The summed E-state index contributed by atoms with van der Waals surface area (Å²) in [6.07, 6.45) is -4.45. The largest absolute Gasteiger partial charge is 0.416 e. The molecule has 0 radical (unpaired) electrons. The lowest BCUT2D eigenvalue weighted by molar-refractivity contribution is -0.137. The van der Waals surface area contributed by atoms with E-state index in [1.54, 1.807) is 4.90 Å². The number of nitrogens with two attached hydrogens (primary N) is 1. The summed E-state index contributed by atoms with van der Waals surface area (Å²) in [5.74, 6) is 0.0429. The number of benzene rings is 1. The Morgan fingerprint density at radius 2 is 1.90 bits per heavy atom. The quantitative estimate of drug-likeness (QED) is 0.925. The average Bonchev–Trinajstić information content (AvgIpc) is 2.38. The molecule has 0 spiro atoms. The van der Waals surface area contributed by atoms with Crippen LogP contribution < -0.4 is 10.6 Å². The molecule has 1 aromatic carbocycles. The molecule has 0 aliphatic heterocycles. The van der Waals surface area contributed by atoms with Crippen LogP contribution in [0.25, 0.3) is 0 Å². The van der Waals surface area contributed by atoms with Gasteiger partial charge in [-0.1, -0.05) is 12.1 Å². The second-order valence-electron chi connectivity index (χ2n) is 4.72. The molecule has 0 aliphatic rings. The number of alkyl halides is 3. The van der Waals surface area contributed by atoms with Crippen LogP contribution in [-0.4, -0.2) is 11.5 Å². The van der Waals surface area contributed by atoms with Crippen molar-refractivity contribution in [2.75, 3.05) is 17.2 Å². The molecule has 0 aliphatic carbocycles. The molecule has 0 saturated heterocycles. The third-order valence-corrected chi connectivity index (χ3v) is 3.07. The fourth-order valence-electron chi connectivity index (χ4n) is 2.11. The Morgan fingerprint density at radius 1 is 1.19 bits per heavy atom. The van der Waals surface area contributed by atoms with Crippen molar-refractivity contribution in [3.05, 3.63) is 47.5 Å². The van der Waals surface area contributed by atoms with E-state index in [1.165, 1.54) is 0 Å². The maximum Gasteiger partial charge on any atom is 0.416 e. The highest BCUT2D eigenvalue weighted by molar-refractivity contribution is 5.63. The molecule has 2 rings (SSSR count). The molecule has 0 bridgehead atoms. The number of nitrogens with zero attached hydrogens (tertiary/aromatic N) is 2. The SMILES string of the molecule is CCN(c1cccc(C)c1)c1cc(C(F)(F)F)cc(N)n1. The minimum atomic E-state index is -4.45. The second-order valence-corrected chi connectivity index (χ2v) is 4.72. The zero-order valence-corrected chi connectivity index (χ0v) is 11.8. The molecule has 0 fully saturated rings. The van der Waals surface area contributed by atoms with Gasteiger partial charge in [0.15, 0.2) is 0 Å². The Kier molecular flexibility index (Phi) is 4.06. The Morgan fingerprint density at radius 3 is 2.48 bits per heavy atom. The van der Waals surface area contributed by atoms with Crippen molar-refractivity contribution < 1.29 is 13.2 Å². The molecular weight excluding hydrogens is 279 g/mol. The van der Waals surface area contributed by atoms with Crippen molar-refractivity contribution in [2.45, 2.75) is 20.0 Å². The fourth-order valence-corrected chi connectivity index (χ4v) is 2.11. The molecule has 0 atom stereocenters. The van der Waals surface area contributed by atoms with Crippen LogP contribution in [0.1, 0.15) is 18.1 Å². The van der Waals surface area contributed by atoms with Gasteiger partial charge in [0.2, 0.25) is 0 Å². The van der Waals surface area contributed by atoms with Gasteiger partial charge in [0.1, 0.15) is 11.6 Å². The topological polar surface area (TPSA) is 42.1 Å². The summed E-state index contributed by atoms with van der Waals surface area (Å²) in [4.78, 5) is 5.72. The lowest BCUT2D eigenvalue weighted by Crippen LogP contribution is -2.19. The first-order valence-electron chi connectivity index (χ1n) is 6.50. The van der Waals surface area contributed by atoms with Gasteiger partial charge < -0.3 is 10.6 Å². The average molecular weight is 295 g/mol. The first kappa shape index (κ1) is 15.2. The molecule has 0 amide bonds. The van der Waals surface area contributed by atoms with Gasteiger partial charge in [0.25, 0.3) is 0 Å². The highest BCUT2D eigenvalue weighted by Crippen LogP contribution is 2.34. The molecule has 0 saturated carbocycles. The zero-order chi connectivity index (χ0) is 15.6. The zero-order valence-electron chi connectivity index (χ0n) is 11.8. The minimum absolute atomic E-state index is 0.147. The van der Waals surface area contributed by atoms with Gasteiger partial charge in [0, 0.05) is 12.2 Å². The molecule has 1 aromatic heterocycles. The van der Waals surface area contributed by atoms with Gasteiger partial charge in [-0.3, -0.25) is 0 Å². The number of rotatable bonds is 3. The Balaban J connectivity index is 2.50. The van der Waals surface area contributed by atoms with Gasteiger partial charge in [-0.25, -0.2) is 4.98 Å². The smallest absolute Gasteiger partial charge is 0.384 e. The van der Waals surface area contributed by atoms with E-state index < -0.39 is 11.7 Å². The van der Waals surface area contributed by atoms with Crippen LogP contribution in [0.3, 0.4) is 0 Å². The monoisotopic (exact) mass is 295 g/mol. The predicted molar refractivity (Wildman–Crippen MR) is 77.5 cm³/mol. The number of halogens is 3. The van der Waals surface area contributed by atoms with Crippen LogP contribution in [0.5, 0.6) is 0 Å². The van der Waals surface area contributed by atoms with Crippen LogP contribution in [-0.2, 0) is 6.18 Å². The minimum Gasteiger partial charge on any atom is -0.384 e. The number of anilines is 3. The molecule has 0 unspecified atom stereocenters. The first-order valence-corrected chi connectivity index (χ1v) is 6.50. The molecule has 112 valence electrons. The predicted octanol–water partition coefficient (Wildman–Crippen LogP) is 4.15. The summed E-state index contributed by atoms with van der Waals surface area (Å²) in [7, 11) is 0. The lowest BCUT2D eigenvalue weighted by atomic mass is 10.2. The van der Waals surface area contributed by atoms with E-state index in [2.05, 4.69) is 4.98 Å². The van der Waals surface area contributed by atoms with Gasteiger partial charge >= 0.3 is 6.18 Å². The number of pyridine rings is 1. The number of hydrogen-bond acceptors (Lipinski definition) is 3. The van der Waals surface area contributed by atoms with Gasteiger partial charge in [-0.15, -0.1) is 0 Å². The summed E-state index contributed by atoms with van der Waals surface area (Å²) >= 11 is 0. The van der Waals surface area contributed by atoms with E-state index in [0.29, 0.717) is 6.54 Å². The molecule has 2 aromatic rings. The Hall–Kier alpha value is -2.24. The maximum atomic E-state index is 12.9. The molecule has 3 nitrogen and oxygen atoms in total. The van der Waals surface area contributed by atoms with E-state index in [-0.39, 0.29) is 11.6 Å². The van der Waals surface area contributed by atoms with Gasteiger partial charge in [-0.2, -0.15) is 13.2 Å². The standard InChI is InChI=1S/C15H16F3N3/c1-3-21(12-6-4-5-10(2)7-12)14-9-11(15(16,17)18)8-13(19)20-14/h4-9H,3H2,1-2H3,(H2,19,20). The molecule has 6 heteroatoms. The molecule has 2 N–H and O–H groups in total. The van der Waals surface area contributed by atoms with Gasteiger partial charge in [0.05, 0.1) is 5.56 Å². The lowest BCUT2D eigenvalue weighted by Gasteiger charge is -2.23. The summed E-state index contributed by atoms with van der Waals surface area (Å²) in [6, 6.07) is 9.35. The van der Waals surface area contributed by atoms with Crippen LogP contribution in [0.4, 0.5) is 30.5 Å². The number of hydrogen-bond donors (Lipinski definition) is 1. The normalized spacial score (nSPS) is 11.5. The van der Waals surface area contributed by atoms with Crippen molar-refractivity contribution in [1.82, 2.24) is 4.98 Å². The highest BCUT2D eigenvalue weighted by Gasteiger charge is 2.32. The van der Waals surface area contributed by atoms with Crippen molar-refractivity contribution in [2.24, 2.45) is 0 Å². The number of aromatic nitrogens is 1. The van der Waals surface area contributed by atoms with Crippen LogP contribution in [0, 0.1) is 6.92 Å². The summed E-state index contributed by atoms with van der Waals surface area (Å²) < 4.78 is 38.6. The number of aryl methyl sites for hydroxylation is 1. The third kappa shape index (κ3) is 3.45. The van der Waals surface area contributed by atoms with E-state index in [0.717, 1.165) is 23.4 Å². The molecule has 1 heterocycles. The van der Waals surface area contributed by atoms with Crippen LogP contribution in [0.2, 0.25) is 0 Å². The highest BCUT2D eigenvalue weighted by atomic mass is 19.4. The second kappa shape index (κ2) is 5.63. The summed E-state index contributed by atoms with van der Waals surface area (Å²) in [5, 5.41) is 0. The van der Waals surface area contributed by atoms with Crippen molar-refractivity contribution in [3.8, 4) is 0 Å². The summed E-state index contributed by atoms with van der Waals surface area (Å²) in [5.41, 5.74) is 6.52. The molecule has 21 heavy (non-hydrogen) atoms. The third-order valence-electron chi connectivity index (χ3n) is 3.07. The van der Waals surface area contributed by atoms with E-state index in [4.69, 9.17) is 5.73 Å². The fraction of sp³-hybridized carbons (Fsp3) is 0.267. The van der Waals surface area contributed by atoms with Gasteiger partial charge in [-0.05, 0) is 43.7 Å². The van der Waals surface area contributed by atoms with Crippen molar-refractivity contribution in [3.63, 3.8) is 0 Å². The van der Waals surface area contributed by atoms with E-state index in [9.17, 15) is 13.2 Å². The summed E-state index contributed by atoms with van der Waals surface area (Å²) in [6.45, 7) is 4.25. The van der Waals surface area contributed by atoms with E-state index >= 15 is 0 Å². The Labute approximate surface area is 121 Å². The van der Waals surface area contributed by atoms with Crippen LogP contribution in [0.15, 0.2) is 36.4 Å². The molecular formula is C15H16F3N3. The number of nitrogen functional groups attached to an aromatic ring is 1. The Bertz CT molecular complexity index is 638. The van der Waals surface area contributed by atoms with E-state index in [1.807, 2.05) is 38.1 Å². The van der Waals surface area contributed by atoms with Crippen molar-refractivity contribution >= 4 is 17.3 Å². The van der Waals surface area contributed by atoms with Crippen molar-refractivity contribution in [1.29, 1.82) is 0 Å². The van der Waals surface area contributed by atoms with Crippen LogP contribution >= 0.6 is 0 Å².